The molecule has 0 radical (unpaired) electrons. The summed E-state index contributed by atoms with van der Waals surface area (Å²) in [6.07, 6.45) is 0. The van der Waals surface area contributed by atoms with Crippen molar-refractivity contribution in [3.63, 3.8) is 0 Å². The number of pyridine rings is 2. The number of benzene rings is 9. The maximum absolute atomic E-state index is 16.5. The van der Waals surface area contributed by atoms with Crippen LogP contribution in [-0.4, -0.2) is 19.1 Å². The van der Waals surface area contributed by atoms with E-state index in [1.165, 1.54) is 21.5 Å². The normalized spacial score (nSPS) is 11.7. The maximum atomic E-state index is 16.5. The molecular weight excluding hydrogens is 900 g/mol. The van der Waals surface area contributed by atoms with Gasteiger partial charge >= 0.3 is 0 Å². The van der Waals surface area contributed by atoms with Gasteiger partial charge in [0.1, 0.15) is 22.5 Å². The van der Waals surface area contributed by atoms with E-state index in [0.717, 1.165) is 56.2 Å². The maximum Gasteiger partial charge on any atom is 0.206 e. The van der Waals surface area contributed by atoms with Crippen molar-refractivity contribution in [3.8, 4) is 11.4 Å². The monoisotopic (exact) mass is 944 g/mol. The van der Waals surface area contributed by atoms with Crippen LogP contribution >= 0.6 is 7.14 Å². The zero-order valence-electron chi connectivity index (χ0n) is 39.0. The molecule has 4 heterocycles. The molecule has 0 fully saturated rings. The Balaban J connectivity index is 0.912. The molecule has 8 heteroatoms. The minimum atomic E-state index is -3.73. The van der Waals surface area contributed by atoms with E-state index in [2.05, 4.69) is 189 Å². The predicted molar refractivity (Wildman–Crippen MR) is 299 cm³/mol. The molecule has 13 aromatic rings. The summed E-state index contributed by atoms with van der Waals surface area (Å²) < 4.78 is 21.2. The van der Waals surface area contributed by atoms with E-state index in [1.54, 1.807) is 0 Å². The summed E-state index contributed by atoms with van der Waals surface area (Å²) in [5, 5.41) is 5.49. The van der Waals surface area contributed by atoms with Crippen LogP contribution in [0.2, 0.25) is 0 Å². The molecule has 0 atom stereocenters. The summed E-state index contributed by atoms with van der Waals surface area (Å²) >= 11 is 0. The van der Waals surface area contributed by atoms with Gasteiger partial charge in [-0.15, -0.1) is 0 Å². The van der Waals surface area contributed by atoms with Crippen LogP contribution in [0.15, 0.2) is 273 Å². The van der Waals surface area contributed by atoms with Crippen molar-refractivity contribution in [2.24, 2.45) is 0 Å². The quantitative estimate of drug-likeness (QED) is 0.121. The SMILES string of the molecule is O=P(c1ccccc1)(c1cccc(N(c2ccccc2)c2ccc(-n3c4ccccc4c4ccccc43)cc2)n1)c1cccc(N(c2ccccc2)c2ccc(-n3c4ccccc4c4ccccc43)cc2)n1. The van der Waals surface area contributed by atoms with Crippen LogP contribution < -0.4 is 26.0 Å². The lowest BCUT2D eigenvalue weighted by Gasteiger charge is -2.27. The Morgan fingerprint density at radius 2 is 0.597 bits per heavy atom. The van der Waals surface area contributed by atoms with Gasteiger partial charge in [0.15, 0.2) is 0 Å². The van der Waals surface area contributed by atoms with E-state index in [4.69, 9.17) is 9.97 Å². The molecule has 9 aromatic carbocycles. The first-order chi connectivity index (χ1) is 35.6. The summed E-state index contributed by atoms with van der Waals surface area (Å²) in [6, 6.07) is 93.1. The second kappa shape index (κ2) is 17.9. The zero-order chi connectivity index (χ0) is 48.0. The largest absolute Gasteiger partial charge is 0.309 e. The lowest BCUT2D eigenvalue weighted by atomic mass is 10.2. The summed E-state index contributed by atoms with van der Waals surface area (Å²) in [5.41, 5.74) is 11.2. The molecule has 72 heavy (non-hydrogen) atoms. The van der Waals surface area contributed by atoms with Gasteiger partial charge in [0.25, 0.3) is 0 Å². The molecule has 0 aliphatic carbocycles. The van der Waals surface area contributed by atoms with E-state index >= 15 is 4.57 Å². The molecule has 0 aliphatic rings. The molecule has 0 saturated heterocycles. The highest BCUT2D eigenvalue weighted by atomic mass is 31.2. The van der Waals surface area contributed by atoms with Gasteiger partial charge in [-0.3, -0.25) is 9.80 Å². The van der Waals surface area contributed by atoms with Crippen molar-refractivity contribution in [2.75, 3.05) is 9.80 Å². The summed E-state index contributed by atoms with van der Waals surface area (Å²) in [4.78, 5) is 15.0. The van der Waals surface area contributed by atoms with Crippen molar-refractivity contribution in [3.05, 3.63) is 273 Å². The number of aromatic nitrogens is 4. The van der Waals surface area contributed by atoms with E-state index in [-0.39, 0.29) is 0 Å². The van der Waals surface area contributed by atoms with Gasteiger partial charge in [-0.05, 0) is 121 Å². The van der Waals surface area contributed by atoms with Crippen LogP contribution in [0.4, 0.5) is 34.4 Å². The molecule has 0 saturated carbocycles. The van der Waals surface area contributed by atoms with Crippen LogP contribution in [0.25, 0.3) is 55.0 Å². The van der Waals surface area contributed by atoms with Crippen LogP contribution in [-0.2, 0) is 4.57 Å². The molecule has 0 spiro atoms. The molecule has 0 bridgehead atoms. The van der Waals surface area contributed by atoms with Crippen molar-refractivity contribution in [1.29, 1.82) is 0 Å². The highest BCUT2D eigenvalue weighted by molar-refractivity contribution is 7.85. The predicted octanol–water partition coefficient (Wildman–Crippen LogP) is 15.2. The van der Waals surface area contributed by atoms with E-state index in [0.29, 0.717) is 27.8 Å². The fraction of sp³-hybridized carbons (Fsp3) is 0. The standard InChI is InChI=1S/C64H45N6OP/c71-72(52-24-8-3-9-25-52,63-36-18-34-61(65-63)67(46-20-4-1-5-21-46)48-38-42-50(43-39-48)69-57-30-14-10-26-53(57)54-27-11-15-31-58(54)69)64-37-19-35-62(66-64)68(47-22-6-2-7-23-47)49-40-44-51(45-41-49)70-59-32-16-12-28-55(59)56-29-13-17-33-60(56)70/h1-45H. The fourth-order valence-electron chi connectivity index (χ4n) is 10.3. The first-order valence-corrected chi connectivity index (χ1v) is 25.8. The minimum Gasteiger partial charge on any atom is -0.309 e. The van der Waals surface area contributed by atoms with Crippen LogP contribution in [0, 0.1) is 0 Å². The third-order valence-electron chi connectivity index (χ3n) is 13.6. The highest BCUT2D eigenvalue weighted by Gasteiger charge is 2.34. The first-order valence-electron chi connectivity index (χ1n) is 24.1. The molecule has 0 amide bonds. The number of fused-ring (bicyclic) bond motifs is 6. The van der Waals surface area contributed by atoms with Gasteiger partial charge in [-0.2, -0.15) is 0 Å². The number of rotatable bonds is 11. The first kappa shape index (κ1) is 42.8. The second-order valence-electron chi connectivity index (χ2n) is 17.8. The number of hydrogen-bond donors (Lipinski definition) is 0. The van der Waals surface area contributed by atoms with Gasteiger partial charge in [0, 0.05) is 61.0 Å². The van der Waals surface area contributed by atoms with Crippen molar-refractivity contribution >= 4 is 101 Å². The van der Waals surface area contributed by atoms with Crippen LogP contribution in [0.5, 0.6) is 0 Å². The van der Waals surface area contributed by atoms with Gasteiger partial charge in [-0.1, -0.05) is 152 Å². The Hall–Kier alpha value is -9.29. The molecule has 0 unspecified atom stereocenters. The molecule has 0 N–H and O–H groups in total. The molecule has 0 aliphatic heterocycles. The summed E-state index contributed by atoms with van der Waals surface area (Å²) in [6.45, 7) is 0. The number of para-hydroxylation sites is 6. The Morgan fingerprint density at radius 1 is 0.292 bits per heavy atom. The molecule has 342 valence electrons. The third kappa shape index (κ3) is 7.26. The van der Waals surface area contributed by atoms with Crippen molar-refractivity contribution in [2.45, 2.75) is 0 Å². The fourth-order valence-corrected chi connectivity index (χ4v) is 12.8. The average Bonchev–Trinajstić information content (AvgIpc) is 3.98. The number of nitrogens with zero attached hydrogens (tertiary/aromatic N) is 6. The highest BCUT2D eigenvalue weighted by Crippen LogP contribution is 2.44. The third-order valence-corrected chi connectivity index (χ3v) is 16.4. The zero-order valence-corrected chi connectivity index (χ0v) is 39.9. The molecule has 7 nitrogen and oxygen atoms in total. The Morgan fingerprint density at radius 3 is 0.958 bits per heavy atom. The van der Waals surface area contributed by atoms with Crippen molar-refractivity contribution < 1.29 is 4.57 Å². The number of anilines is 6. The average molecular weight is 945 g/mol. The lowest BCUT2D eigenvalue weighted by molar-refractivity contribution is 0.591. The minimum absolute atomic E-state index is 0.431. The van der Waals surface area contributed by atoms with E-state index in [1.807, 2.05) is 103 Å². The Labute approximate surface area is 417 Å². The van der Waals surface area contributed by atoms with E-state index < -0.39 is 7.14 Å². The van der Waals surface area contributed by atoms with Crippen molar-refractivity contribution in [1.82, 2.24) is 19.1 Å². The lowest BCUT2D eigenvalue weighted by Crippen LogP contribution is -2.30. The molecule has 13 rings (SSSR count). The molecular formula is C64H45N6OP. The van der Waals surface area contributed by atoms with Gasteiger partial charge in [0.05, 0.1) is 22.1 Å². The van der Waals surface area contributed by atoms with Gasteiger partial charge < -0.3 is 13.7 Å². The Kier molecular flexibility index (Phi) is 10.6. The topological polar surface area (TPSA) is 59.2 Å². The summed E-state index contributed by atoms with van der Waals surface area (Å²) in [5.74, 6) is 1.26. The van der Waals surface area contributed by atoms with Crippen LogP contribution in [0.1, 0.15) is 0 Å². The Bertz CT molecular complexity index is 3780. The van der Waals surface area contributed by atoms with E-state index in [9.17, 15) is 0 Å². The number of hydrogen-bond acceptors (Lipinski definition) is 5. The smallest absolute Gasteiger partial charge is 0.206 e. The van der Waals surface area contributed by atoms with Gasteiger partial charge in [0.2, 0.25) is 7.14 Å². The van der Waals surface area contributed by atoms with Gasteiger partial charge in [-0.25, -0.2) is 9.97 Å². The van der Waals surface area contributed by atoms with Crippen LogP contribution in [0.3, 0.4) is 0 Å². The summed E-state index contributed by atoms with van der Waals surface area (Å²) in [7, 11) is -3.73. The second-order valence-corrected chi connectivity index (χ2v) is 20.4. The molecule has 4 aromatic heterocycles.